The largest absolute Gasteiger partial charge is 0.314 e. The molecule has 18 heavy (non-hydrogen) atoms. The van der Waals surface area contributed by atoms with Crippen molar-refractivity contribution in [3.63, 3.8) is 0 Å². The number of amides is 2. The van der Waals surface area contributed by atoms with E-state index >= 15 is 0 Å². The molecule has 102 valence electrons. The van der Waals surface area contributed by atoms with Crippen LogP contribution >= 0.6 is 0 Å². The summed E-state index contributed by atoms with van der Waals surface area (Å²) in [5.41, 5.74) is 0. The standard InChI is InChI=1S/C13H23N3O2/c1-9(8-10-4-3-7-14-10)15-11-5-6-12(17)16(2)13(11)18/h9-11,14-15H,3-8H2,1-2H3. The Morgan fingerprint density at radius 1 is 1.44 bits per heavy atom. The van der Waals surface area contributed by atoms with E-state index in [4.69, 9.17) is 0 Å². The first-order valence-electron chi connectivity index (χ1n) is 6.87. The number of likely N-dealkylation sites (N-methyl/N-ethyl adjacent to an activating group) is 1. The Balaban J connectivity index is 1.81. The smallest absolute Gasteiger partial charge is 0.246 e. The Bertz CT molecular complexity index is 326. The van der Waals surface area contributed by atoms with Gasteiger partial charge in [0.1, 0.15) is 0 Å². The Labute approximate surface area is 108 Å². The minimum Gasteiger partial charge on any atom is -0.314 e. The highest BCUT2D eigenvalue weighted by Gasteiger charge is 2.32. The zero-order chi connectivity index (χ0) is 13.1. The third-order valence-corrected chi connectivity index (χ3v) is 3.94. The summed E-state index contributed by atoms with van der Waals surface area (Å²) < 4.78 is 0. The normalized spacial score (nSPS) is 30.9. The molecule has 0 aromatic carbocycles. The second-order valence-electron chi connectivity index (χ2n) is 5.48. The average Bonchev–Trinajstić information content (AvgIpc) is 2.83. The molecule has 2 heterocycles. The van der Waals surface area contributed by atoms with Crippen LogP contribution in [-0.4, -0.2) is 48.4 Å². The SMILES string of the molecule is CC(CC1CCCN1)NC1CCC(=O)N(C)C1=O. The molecule has 2 N–H and O–H groups in total. The van der Waals surface area contributed by atoms with Crippen LogP contribution in [0, 0.1) is 0 Å². The van der Waals surface area contributed by atoms with Gasteiger partial charge in [-0.3, -0.25) is 14.5 Å². The molecule has 0 spiro atoms. The van der Waals surface area contributed by atoms with Crippen molar-refractivity contribution in [2.24, 2.45) is 0 Å². The molecule has 2 amide bonds. The summed E-state index contributed by atoms with van der Waals surface area (Å²) in [7, 11) is 1.57. The second kappa shape index (κ2) is 5.80. The van der Waals surface area contributed by atoms with Crippen LogP contribution in [0.1, 0.15) is 39.0 Å². The number of carbonyl (C=O) groups is 2. The van der Waals surface area contributed by atoms with Crippen LogP contribution in [0.2, 0.25) is 0 Å². The molecule has 3 unspecified atom stereocenters. The van der Waals surface area contributed by atoms with Gasteiger partial charge in [-0.25, -0.2) is 0 Å². The van der Waals surface area contributed by atoms with Gasteiger partial charge in [-0.05, 0) is 39.2 Å². The van der Waals surface area contributed by atoms with E-state index in [9.17, 15) is 9.59 Å². The van der Waals surface area contributed by atoms with Crippen LogP contribution in [0.25, 0.3) is 0 Å². The number of nitrogens with one attached hydrogen (secondary N) is 2. The Morgan fingerprint density at radius 3 is 2.89 bits per heavy atom. The molecule has 0 aromatic rings. The van der Waals surface area contributed by atoms with Crippen LogP contribution in [0.4, 0.5) is 0 Å². The predicted octanol–water partition coefficient (Wildman–Crippen LogP) is 0.254. The number of hydrogen-bond acceptors (Lipinski definition) is 4. The van der Waals surface area contributed by atoms with Crippen LogP contribution in [0.15, 0.2) is 0 Å². The number of likely N-dealkylation sites (tertiary alicyclic amines) is 1. The van der Waals surface area contributed by atoms with Crippen LogP contribution in [0.5, 0.6) is 0 Å². The van der Waals surface area contributed by atoms with Crippen molar-refractivity contribution in [1.29, 1.82) is 0 Å². The zero-order valence-electron chi connectivity index (χ0n) is 11.2. The highest BCUT2D eigenvalue weighted by atomic mass is 16.2. The lowest BCUT2D eigenvalue weighted by Gasteiger charge is -2.31. The molecule has 2 rings (SSSR count). The van der Waals surface area contributed by atoms with Gasteiger partial charge in [-0.2, -0.15) is 0 Å². The van der Waals surface area contributed by atoms with Crippen molar-refractivity contribution in [3.05, 3.63) is 0 Å². The lowest BCUT2D eigenvalue weighted by molar-refractivity contribution is -0.148. The molecule has 0 radical (unpaired) electrons. The maximum atomic E-state index is 11.9. The van der Waals surface area contributed by atoms with Gasteiger partial charge in [0.15, 0.2) is 0 Å². The third kappa shape index (κ3) is 3.09. The number of rotatable bonds is 4. The van der Waals surface area contributed by atoms with Crippen molar-refractivity contribution in [3.8, 4) is 0 Å². The molecule has 2 fully saturated rings. The summed E-state index contributed by atoms with van der Waals surface area (Å²) in [5.74, 6) is -0.152. The van der Waals surface area contributed by atoms with E-state index in [0.717, 1.165) is 13.0 Å². The zero-order valence-corrected chi connectivity index (χ0v) is 11.2. The predicted molar refractivity (Wildman–Crippen MR) is 69.0 cm³/mol. The maximum Gasteiger partial charge on any atom is 0.246 e. The number of imide groups is 1. The first-order valence-corrected chi connectivity index (χ1v) is 6.87. The molecule has 5 nitrogen and oxygen atoms in total. The van der Waals surface area contributed by atoms with E-state index in [1.54, 1.807) is 7.05 Å². The van der Waals surface area contributed by atoms with E-state index in [0.29, 0.717) is 24.9 Å². The van der Waals surface area contributed by atoms with E-state index in [-0.39, 0.29) is 17.9 Å². The van der Waals surface area contributed by atoms with Crippen LogP contribution in [-0.2, 0) is 9.59 Å². The Kier molecular flexibility index (Phi) is 4.35. The van der Waals surface area contributed by atoms with Crippen molar-refractivity contribution < 1.29 is 9.59 Å². The number of nitrogens with zero attached hydrogens (tertiary/aromatic N) is 1. The van der Waals surface area contributed by atoms with Gasteiger partial charge in [-0.15, -0.1) is 0 Å². The number of piperidine rings is 1. The summed E-state index contributed by atoms with van der Waals surface area (Å²) in [6, 6.07) is 0.686. The minimum atomic E-state index is -0.191. The maximum absolute atomic E-state index is 11.9. The van der Waals surface area contributed by atoms with E-state index in [1.165, 1.54) is 17.7 Å². The Morgan fingerprint density at radius 2 is 2.22 bits per heavy atom. The van der Waals surface area contributed by atoms with Gasteiger partial charge in [-0.1, -0.05) is 0 Å². The van der Waals surface area contributed by atoms with E-state index in [2.05, 4.69) is 17.6 Å². The molecule has 0 aliphatic carbocycles. The molecular formula is C13H23N3O2. The van der Waals surface area contributed by atoms with Gasteiger partial charge in [0.25, 0.3) is 0 Å². The lowest BCUT2D eigenvalue weighted by atomic mass is 10.0. The molecule has 3 atom stereocenters. The van der Waals surface area contributed by atoms with Crippen molar-refractivity contribution >= 4 is 11.8 Å². The fourth-order valence-corrected chi connectivity index (χ4v) is 2.87. The fourth-order valence-electron chi connectivity index (χ4n) is 2.87. The second-order valence-corrected chi connectivity index (χ2v) is 5.48. The number of carbonyl (C=O) groups excluding carboxylic acids is 2. The van der Waals surface area contributed by atoms with E-state index in [1.807, 2.05) is 0 Å². The molecule has 2 saturated heterocycles. The number of hydrogen-bond donors (Lipinski definition) is 2. The summed E-state index contributed by atoms with van der Waals surface area (Å²) in [4.78, 5) is 24.6. The van der Waals surface area contributed by atoms with Gasteiger partial charge in [0, 0.05) is 25.6 Å². The molecule has 0 saturated carbocycles. The third-order valence-electron chi connectivity index (χ3n) is 3.94. The van der Waals surface area contributed by atoms with Crippen LogP contribution in [0.3, 0.4) is 0 Å². The summed E-state index contributed by atoms with van der Waals surface area (Å²) >= 11 is 0. The first kappa shape index (κ1) is 13.5. The summed E-state index contributed by atoms with van der Waals surface area (Å²) in [6.07, 6.45) is 4.61. The topological polar surface area (TPSA) is 61.4 Å². The molecule has 5 heteroatoms. The minimum absolute atomic E-state index is 0.0665. The molecule has 0 bridgehead atoms. The lowest BCUT2D eigenvalue weighted by Crippen LogP contribution is -2.54. The molecular weight excluding hydrogens is 230 g/mol. The van der Waals surface area contributed by atoms with Crippen molar-refractivity contribution in [2.75, 3.05) is 13.6 Å². The average molecular weight is 253 g/mol. The highest BCUT2D eigenvalue weighted by molar-refractivity contribution is 6.00. The molecule has 2 aliphatic rings. The monoisotopic (exact) mass is 253 g/mol. The molecule has 2 aliphatic heterocycles. The first-order chi connectivity index (χ1) is 8.58. The van der Waals surface area contributed by atoms with Crippen LogP contribution < -0.4 is 10.6 Å². The highest BCUT2D eigenvalue weighted by Crippen LogP contribution is 2.15. The van der Waals surface area contributed by atoms with Crippen molar-refractivity contribution in [1.82, 2.24) is 15.5 Å². The molecule has 0 aromatic heterocycles. The van der Waals surface area contributed by atoms with Crippen molar-refractivity contribution in [2.45, 2.75) is 57.2 Å². The van der Waals surface area contributed by atoms with Gasteiger partial charge in [0.2, 0.25) is 11.8 Å². The summed E-state index contributed by atoms with van der Waals surface area (Å²) in [6.45, 7) is 3.22. The van der Waals surface area contributed by atoms with Gasteiger partial charge < -0.3 is 10.6 Å². The van der Waals surface area contributed by atoms with Gasteiger partial charge in [0.05, 0.1) is 6.04 Å². The van der Waals surface area contributed by atoms with E-state index < -0.39 is 0 Å². The quantitative estimate of drug-likeness (QED) is 0.705. The fraction of sp³-hybridized carbons (Fsp3) is 0.846. The Hall–Kier alpha value is -0.940. The summed E-state index contributed by atoms with van der Waals surface area (Å²) in [5, 5.41) is 6.83. The van der Waals surface area contributed by atoms with Gasteiger partial charge >= 0.3 is 0 Å².